The highest BCUT2D eigenvalue weighted by atomic mass is 28.3. The molecule has 3 aromatic rings. The van der Waals surface area contributed by atoms with Crippen LogP contribution in [0.25, 0.3) is 16.6 Å². The van der Waals surface area contributed by atoms with Gasteiger partial charge in [-0.05, 0) is 49.4 Å². The Morgan fingerprint density at radius 3 is 2.33 bits per heavy atom. The third-order valence-electron chi connectivity index (χ3n) is 6.08. The number of ether oxygens (including phenoxy) is 1. The number of hydrogen-bond acceptors (Lipinski definition) is 6. The van der Waals surface area contributed by atoms with Crippen molar-refractivity contribution in [2.75, 3.05) is 19.4 Å². The van der Waals surface area contributed by atoms with E-state index in [2.05, 4.69) is 41.2 Å². The van der Waals surface area contributed by atoms with E-state index in [1.54, 1.807) is 24.3 Å². The van der Waals surface area contributed by atoms with E-state index in [1.807, 2.05) is 0 Å². The summed E-state index contributed by atoms with van der Waals surface area (Å²) < 4.78 is 45.2. The van der Waals surface area contributed by atoms with E-state index in [-0.39, 0.29) is 11.2 Å². The largest absolute Gasteiger partial charge is 0.480 e. The highest BCUT2D eigenvalue weighted by Crippen LogP contribution is 2.33. The Balaban J connectivity index is 0.000000307. The lowest BCUT2D eigenvalue weighted by molar-refractivity contribution is -0.151. The van der Waals surface area contributed by atoms with Crippen molar-refractivity contribution < 1.29 is 32.6 Å². The van der Waals surface area contributed by atoms with Crippen LogP contribution in [0.5, 0.6) is 0 Å². The van der Waals surface area contributed by atoms with E-state index in [4.69, 9.17) is 10.8 Å². The molecule has 2 heterocycles. The maximum atomic E-state index is 13.2. The number of hydrogen-bond donors (Lipinski definition) is 3. The van der Waals surface area contributed by atoms with Gasteiger partial charge in [0, 0.05) is 28.4 Å². The van der Waals surface area contributed by atoms with Gasteiger partial charge in [-0.2, -0.15) is 13.2 Å². The molecule has 1 aliphatic rings. The van der Waals surface area contributed by atoms with Gasteiger partial charge in [0.15, 0.2) is 0 Å². The molecular weight excluding hydrogens is 543 g/mol. The Morgan fingerprint density at radius 1 is 1.12 bits per heavy atom. The number of carbonyl (C=O) groups excluding carboxylic acids is 1. The number of rotatable bonds is 3. The molecule has 212 valence electrons. The minimum Gasteiger partial charge on any atom is -0.480 e. The van der Waals surface area contributed by atoms with Gasteiger partial charge in [0.05, 0.1) is 24.1 Å². The molecule has 1 aliphatic heterocycles. The quantitative estimate of drug-likeness (QED) is 0.246. The molecular formula is C28H30F3N3O5Si. The van der Waals surface area contributed by atoms with Crippen LogP contribution in [-0.4, -0.2) is 49.4 Å². The molecule has 12 heteroatoms. The summed E-state index contributed by atoms with van der Waals surface area (Å²) >= 11 is 0. The topological polar surface area (TPSA) is 124 Å². The van der Waals surface area contributed by atoms with Crippen LogP contribution in [0.15, 0.2) is 53.3 Å². The highest BCUT2D eigenvalue weighted by molar-refractivity contribution is 6.83. The molecule has 1 fully saturated rings. The number of nitrogens with one attached hydrogen (secondary N) is 1. The first-order valence-corrected chi connectivity index (χ1v) is 15.8. The van der Waals surface area contributed by atoms with Gasteiger partial charge in [-0.15, -0.1) is 5.54 Å². The summed E-state index contributed by atoms with van der Waals surface area (Å²) in [4.78, 5) is 34.1. The summed E-state index contributed by atoms with van der Waals surface area (Å²) in [5, 5.41) is 11.8. The number of nitrogen functional groups attached to an aromatic ring is 1. The summed E-state index contributed by atoms with van der Waals surface area (Å²) in [6, 6.07) is 10.5. The second kappa shape index (κ2) is 12.0. The number of alkyl halides is 3. The number of nitrogens with two attached hydrogens (primary N) is 1. The summed E-state index contributed by atoms with van der Waals surface area (Å²) in [6.45, 7) is 6.95. The molecule has 0 bridgehead atoms. The molecule has 40 heavy (non-hydrogen) atoms. The fourth-order valence-electron chi connectivity index (χ4n) is 4.12. The third-order valence-corrected chi connectivity index (χ3v) is 6.95. The van der Waals surface area contributed by atoms with Crippen molar-refractivity contribution >= 4 is 36.6 Å². The number of fused-ring (bicyclic) bond motifs is 1. The number of aromatic nitrogens is 1. The third kappa shape index (κ3) is 7.31. The second-order valence-corrected chi connectivity index (χ2v) is 15.0. The SMILES string of the molecule is COC(=O)C1CCN[C@@H]1C(=O)O.C[Si](C)(C)C#Cc1ccc(-n2c(=O)cc(N)c3ccc(C(F)(F)F)cc32)cc1. The molecule has 0 amide bonds. The van der Waals surface area contributed by atoms with Crippen LogP contribution in [-0.2, 0) is 20.5 Å². The van der Waals surface area contributed by atoms with Gasteiger partial charge in [0.1, 0.15) is 14.1 Å². The summed E-state index contributed by atoms with van der Waals surface area (Å²) in [5.74, 6) is 1.13. The van der Waals surface area contributed by atoms with Gasteiger partial charge < -0.3 is 20.9 Å². The molecule has 0 saturated carbocycles. The standard InChI is InChI=1S/C21H19F3N2OSi.C7H11NO4/c1-28(2,3)11-10-14-4-7-16(8-5-14)26-19-12-15(21(22,23)24)6-9-17(19)18(25)13-20(26)27;1-12-7(11)4-2-3-8-5(4)6(9)10/h4-9,12-13H,25H2,1-3H3;4-5,8H,2-3H2,1H3,(H,9,10)/t;4?,5-/m.0/s1. The number of esters is 1. The molecule has 1 saturated heterocycles. The molecule has 0 spiro atoms. The lowest BCUT2D eigenvalue weighted by atomic mass is 10.0. The number of nitrogens with zero attached hydrogens (tertiary/aromatic N) is 1. The molecule has 1 unspecified atom stereocenters. The van der Waals surface area contributed by atoms with Crippen LogP contribution in [0.2, 0.25) is 19.6 Å². The zero-order valence-corrected chi connectivity index (χ0v) is 23.4. The van der Waals surface area contributed by atoms with E-state index in [9.17, 15) is 27.6 Å². The Hall–Kier alpha value is -4.08. The van der Waals surface area contributed by atoms with Crippen LogP contribution in [0.4, 0.5) is 18.9 Å². The number of carboxylic acids is 1. The van der Waals surface area contributed by atoms with Crippen LogP contribution < -0.4 is 16.6 Å². The van der Waals surface area contributed by atoms with Crippen LogP contribution >= 0.6 is 0 Å². The number of carbonyl (C=O) groups is 2. The predicted octanol–water partition coefficient (Wildman–Crippen LogP) is 4.04. The van der Waals surface area contributed by atoms with Gasteiger partial charge in [-0.1, -0.05) is 31.6 Å². The fraction of sp³-hybridized carbons (Fsp3) is 0.321. The Kier molecular flexibility index (Phi) is 9.12. The average Bonchev–Trinajstić information content (AvgIpc) is 3.37. The number of benzene rings is 2. The highest BCUT2D eigenvalue weighted by Gasteiger charge is 2.38. The number of carboxylic acid groups (broad SMARTS) is 1. The second-order valence-electron chi connectivity index (χ2n) is 10.2. The summed E-state index contributed by atoms with van der Waals surface area (Å²) in [5.41, 5.74) is 9.27. The van der Waals surface area contributed by atoms with E-state index in [0.29, 0.717) is 24.0 Å². The minimum absolute atomic E-state index is 0.112. The van der Waals surface area contributed by atoms with Gasteiger partial charge in [-0.3, -0.25) is 19.0 Å². The zero-order valence-electron chi connectivity index (χ0n) is 22.4. The summed E-state index contributed by atoms with van der Waals surface area (Å²) in [7, 11) is -0.267. The maximum absolute atomic E-state index is 13.2. The number of halogens is 3. The Morgan fingerprint density at radius 2 is 1.77 bits per heavy atom. The molecule has 2 aromatic carbocycles. The Bertz CT molecular complexity index is 1530. The van der Waals surface area contributed by atoms with Gasteiger partial charge >= 0.3 is 18.1 Å². The first kappa shape index (κ1) is 30.5. The maximum Gasteiger partial charge on any atom is 0.416 e. The van der Waals surface area contributed by atoms with E-state index < -0.39 is 49.3 Å². The lowest BCUT2D eigenvalue weighted by Gasteiger charge is -2.14. The normalized spacial score (nSPS) is 16.9. The molecule has 8 nitrogen and oxygen atoms in total. The van der Waals surface area contributed by atoms with Crippen LogP contribution in [0, 0.1) is 17.4 Å². The predicted molar refractivity (Wildman–Crippen MR) is 149 cm³/mol. The van der Waals surface area contributed by atoms with E-state index in [1.165, 1.54) is 23.8 Å². The average molecular weight is 574 g/mol. The zero-order chi connectivity index (χ0) is 29.8. The number of aliphatic carboxylic acids is 1. The molecule has 2 atom stereocenters. The van der Waals surface area contributed by atoms with Gasteiger partial charge in [-0.25, -0.2) is 0 Å². The summed E-state index contributed by atoms with van der Waals surface area (Å²) in [6.07, 6.45) is -3.99. The monoisotopic (exact) mass is 573 g/mol. The van der Waals surface area contributed by atoms with Crippen molar-refractivity contribution in [3.05, 3.63) is 70.0 Å². The first-order chi connectivity index (χ1) is 18.6. The fourth-order valence-corrected chi connectivity index (χ4v) is 4.64. The lowest BCUT2D eigenvalue weighted by Crippen LogP contribution is -2.39. The van der Waals surface area contributed by atoms with Crippen LogP contribution in [0.3, 0.4) is 0 Å². The molecule has 0 radical (unpaired) electrons. The van der Waals surface area contributed by atoms with Crippen molar-refractivity contribution in [2.24, 2.45) is 5.92 Å². The number of methoxy groups -OCH3 is 1. The van der Waals surface area contributed by atoms with E-state index >= 15 is 0 Å². The Labute approximate surface area is 230 Å². The first-order valence-electron chi connectivity index (χ1n) is 12.3. The van der Waals surface area contributed by atoms with Crippen molar-refractivity contribution in [1.82, 2.24) is 9.88 Å². The van der Waals surface area contributed by atoms with Crippen molar-refractivity contribution in [2.45, 2.75) is 38.3 Å². The molecule has 4 N–H and O–H groups in total. The number of pyridine rings is 1. The van der Waals surface area contributed by atoms with Crippen LogP contribution in [0.1, 0.15) is 17.5 Å². The van der Waals surface area contributed by atoms with Crippen molar-refractivity contribution in [3.63, 3.8) is 0 Å². The molecule has 4 rings (SSSR count). The minimum atomic E-state index is -4.52. The van der Waals surface area contributed by atoms with Gasteiger partial charge in [0.25, 0.3) is 5.56 Å². The van der Waals surface area contributed by atoms with Crippen molar-refractivity contribution in [3.8, 4) is 17.2 Å². The van der Waals surface area contributed by atoms with Crippen molar-refractivity contribution in [1.29, 1.82) is 0 Å². The number of anilines is 1. The molecule has 0 aliphatic carbocycles. The smallest absolute Gasteiger partial charge is 0.416 e. The molecule has 1 aromatic heterocycles. The van der Waals surface area contributed by atoms with E-state index in [0.717, 1.165) is 17.7 Å². The van der Waals surface area contributed by atoms with Gasteiger partial charge in [0.2, 0.25) is 0 Å².